The van der Waals surface area contributed by atoms with E-state index in [1.807, 2.05) is 0 Å². The summed E-state index contributed by atoms with van der Waals surface area (Å²) >= 11 is 0. The average molecular weight is 429 g/mol. The van der Waals surface area contributed by atoms with E-state index in [-0.39, 0.29) is 5.82 Å². The highest BCUT2D eigenvalue weighted by molar-refractivity contribution is 5.90. The van der Waals surface area contributed by atoms with E-state index >= 15 is 0 Å². The second kappa shape index (κ2) is 8.05. The summed E-state index contributed by atoms with van der Waals surface area (Å²) in [5.41, 5.74) is 3.49. The van der Waals surface area contributed by atoms with E-state index < -0.39 is 18.8 Å². The Morgan fingerprint density at radius 1 is 1.00 bits per heavy atom. The van der Waals surface area contributed by atoms with Crippen molar-refractivity contribution < 1.29 is 22.4 Å². The van der Waals surface area contributed by atoms with E-state index in [4.69, 9.17) is 0 Å². The van der Waals surface area contributed by atoms with E-state index in [2.05, 4.69) is 15.4 Å². The molecule has 0 saturated carbocycles. The molecule has 0 atom stereocenters. The number of fused-ring (bicyclic) bond motifs is 1. The Hall–Kier alpha value is -3.95. The number of nitrogens with zero attached hydrogens (tertiary/aromatic N) is 3. The molecule has 0 bridgehead atoms. The number of alkyl halides is 3. The molecule has 2 aromatic carbocycles. The highest BCUT2D eigenvalue weighted by Gasteiger charge is 2.27. The van der Waals surface area contributed by atoms with Crippen LogP contribution in [0.4, 0.5) is 28.0 Å². The van der Waals surface area contributed by atoms with Crippen molar-refractivity contribution in [2.24, 2.45) is 0 Å². The largest absolute Gasteiger partial charge is 0.405 e. The van der Waals surface area contributed by atoms with Crippen molar-refractivity contribution in [2.45, 2.75) is 6.18 Å². The van der Waals surface area contributed by atoms with E-state index in [0.717, 1.165) is 0 Å². The normalized spacial score (nSPS) is 11.5. The molecule has 0 saturated heterocycles. The monoisotopic (exact) mass is 429 g/mol. The average Bonchev–Trinajstić information content (AvgIpc) is 3.15. The number of nitrogens with one attached hydrogen (secondary N) is 2. The number of carbonyl (C=O) groups excluding carboxylic acids is 1. The molecule has 0 fully saturated rings. The van der Waals surface area contributed by atoms with Gasteiger partial charge < -0.3 is 10.6 Å². The van der Waals surface area contributed by atoms with Crippen molar-refractivity contribution >= 4 is 17.4 Å². The lowest BCUT2D eigenvalue weighted by Crippen LogP contribution is -2.36. The fraction of sp³-hybridized carbons (Fsp3) is 0.0952. The van der Waals surface area contributed by atoms with Gasteiger partial charge in [-0.1, -0.05) is 24.3 Å². The number of rotatable bonds is 4. The van der Waals surface area contributed by atoms with Gasteiger partial charge in [0, 0.05) is 29.2 Å². The number of halogens is 4. The van der Waals surface area contributed by atoms with Gasteiger partial charge in [0.05, 0.1) is 6.20 Å². The minimum Gasteiger partial charge on any atom is -0.329 e. The van der Waals surface area contributed by atoms with Crippen LogP contribution in [-0.2, 0) is 0 Å². The summed E-state index contributed by atoms with van der Waals surface area (Å²) in [6.45, 7) is -1.43. The fourth-order valence-corrected chi connectivity index (χ4v) is 3.02. The molecule has 0 spiro atoms. The topological polar surface area (TPSA) is 71.3 Å². The van der Waals surface area contributed by atoms with Crippen molar-refractivity contribution in [2.75, 3.05) is 11.9 Å². The first-order valence-electron chi connectivity index (χ1n) is 9.10. The Kier molecular flexibility index (Phi) is 5.28. The van der Waals surface area contributed by atoms with Crippen LogP contribution in [-0.4, -0.2) is 33.4 Å². The second-order valence-corrected chi connectivity index (χ2v) is 6.68. The maximum Gasteiger partial charge on any atom is 0.405 e. The minimum atomic E-state index is -4.49. The van der Waals surface area contributed by atoms with Gasteiger partial charge in [-0.3, -0.25) is 0 Å². The summed E-state index contributed by atoms with van der Waals surface area (Å²) in [4.78, 5) is 16.1. The van der Waals surface area contributed by atoms with Gasteiger partial charge in [0.2, 0.25) is 0 Å². The van der Waals surface area contributed by atoms with E-state index in [1.165, 1.54) is 12.1 Å². The Labute approximate surface area is 173 Å². The Bertz CT molecular complexity index is 1250. The van der Waals surface area contributed by atoms with Crippen molar-refractivity contribution in [1.82, 2.24) is 19.9 Å². The van der Waals surface area contributed by atoms with Crippen LogP contribution in [0.15, 0.2) is 67.1 Å². The van der Waals surface area contributed by atoms with Crippen LogP contribution in [0.5, 0.6) is 0 Å². The quantitative estimate of drug-likeness (QED) is 0.454. The molecule has 2 aromatic heterocycles. The molecule has 158 valence electrons. The van der Waals surface area contributed by atoms with Crippen LogP contribution in [0.2, 0.25) is 0 Å². The molecule has 0 unspecified atom stereocenters. The Balaban J connectivity index is 1.58. The van der Waals surface area contributed by atoms with Crippen LogP contribution >= 0.6 is 0 Å². The summed E-state index contributed by atoms with van der Waals surface area (Å²) in [5.74, 6) is -0.359. The molecule has 0 radical (unpaired) electrons. The highest BCUT2D eigenvalue weighted by Crippen LogP contribution is 2.27. The van der Waals surface area contributed by atoms with Crippen molar-refractivity contribution in [3.63, 3.8) is 0 Å². The predicted molar refractivity (Wildman–Crippen MR) is 107 cm³/mol. The summed E-state index contributed by atoms with van der Waals surface area (Å²) < 4.78 is 51.7. The van der Waals surface area contributed by atoms with Crippen LogP contribution in [0, 0.1) is 5.82 Å². The maximum atomic E-state index is 13.5. The highest BCUT2D eigenvalue weighted by atomic mass is 19.4. The van der Waals surface area contributed by atoms with Crippen LogP contribution < -0.4 is 10.6 Å². The number of benzene rings is 2. The van der Waals surface area contributed by atoms with Crippen LogP contribution in [0.3, 0.4) is 0 Å². The standard InChI is InChI=1S/C21H15F4N5O/c22-16-5-1-3-13(7-16)15-9-26-19-18(10-28-30(19)11-15)14-4-2-6-17(8-14)29-20(31)27-12-21(23,24)25/h1-11H,12H2,(H2,27,29,31). The van der Waals surface area contributed by atoms with E-state index in [1.54, 1.807) is 64.8 Å². The number of hydrogen-bond donors (Lipinski definition) is 2. The number of urea groups is 1. The molecule has 4 rings (SSSR count). The van der Waals surface area contributed by atoms with Gasteiger partial charge >= 0.3 is 12.2 Å². The fourth-order valence-electron chi connectivity index (χ4n) is 3.02. The molecule has 4 aromatic rings. The van der Waals surface area contributed by atoms with Crippen LogP contribution in [0.1, 0.15) is 0 Å². The first kappa shape index (κ1) is 20.3. The number of carbonyl (C=O) groups is 1. The van der Waals surface area contributed by atoms with Gasteiger partial charge in [-0.05, 0) is 35.4 Å². The molecule has 0 aliphatic rings. The first-order valence-corrected chi connectivity index (χ1v) is 9.10. The zero-order valence-electron chi connectivity index (χ0n) is 15.8. The molecule has 6 nitrogen and oxygen atoms in total. The summed E-state index contributed by atoms with van der Waals surface area (Å²) in [5, 5.41) is 8.40. The zero-order chi connectivity index (χ0) is 22.0. The summed E-state index contributed by atoms with van der Waals surface area (Å²) in [7, 11) is 0. The summed E-state index contributed by atoms with van der Waals surface area (Å²) in [6.07, 6.45) is 0.405. The first-order chi connectivity index (χ1) is 14.8. The van der Waals surface area contributed by atoms with Gasteiger partial charge in [-0.2, -0.15) is 18.3 Å². The molecular formula is C21H15F4N5O. The molecule has 2 amide bonds. The zero-order valence-corrected chi connectivity index (χ0v) is 15.8. The lowest BCUT2D eigenvalue weighted by Gasteiger charge is -2.10. The minimum absolute atomic E-state index is 0.313. The van der Waals surface area contributed by atoms with Crippen LogP contribution in [0.25, 0.3) is 27.9 Å². The molecule has 31 heavy (non-hydrogen) atoms. The van der Waals surface area contributed by atoms with Gasteiger partial charge in [0.15, 0.2) is 5.65 Å². The molecule has 2 N–H and O–H groups in total. The van der Waals surface area contributed by atoms with Crippen molar-refractivity contribution in [3.05, 3.63) is 72.9 Å². The molecule has 0 aliphatic carbocycles. The Morgan fingerprint density at radius 2 is 1.77 bits per heavy atom. The number of amides is 2. The van der Waals surface area contributed by atoms with E-state index in [9.17, 15) is 22.4 Å². The van der Waals surface area contributed by atoms with E-state index in [0.29, 0.717) is 33.6 Å². The van der Waals surface area contributed by atoms with Gasteiger partial charge in [0.1, 0.15) is 12.4 Å². The Morgan fingerprint density at radius 3 is 2.55 bits per heavy atom. The SMILES string of the molecule is O=C(NCC(F)(F)F)Nc1cccc(-c2cnn3cc(-c4cccc(F)c4)cnc23)c1. The van der Waals surface area contributed by atoms with Gasteiger partial charge in [0.25, 0.3) is 0 Å². The number of aromatic nitrogens is 3. The lowest BCUT2D eigenvalue weighted by atomic mass is 10.1. The lowest BCUT2D eigenvalue weighted by molar-refractivity contribution is -0.122. The maximum absolute atomic E-state index is 13.5. The number of hydrogen-bond acceptors (Lipinski definition) is 3. The molecule has 0 aliphatic heterocycles. The third kappa shape index (κ3) is 4.80. The van der Waals surface area contributed by atoms with Gasteiger partial charge in [-0.25, -0.2) is 18.7 Å². The predicted octanol–water partition coefficient (Wildman–Crippen LogP) is 4.89. The second-order valence-electron chi connectivity index (χ2n) is 6.68. The smallest absolute Gasteiger partial charge is 0.329 e. The van der Waals surface area contributed by atoms with Gasteiger partial charge in [-0.15, -0.1) is 0 Å². The third-order valence-corrected chi connectivity index (χ3v) is 4.40. The molecule has 10 heteroatoms. The molecular weight excluding hydrogens is 414 g/mol. The van der Waals surface area contributed by atoms with Crippen molar-refractivity contribution in [1.29, 1.82) is 0 Å². The third-order valence-electron chi connectivity index (χ3n) is 4.40. The molecule has 2 heterocycles. The van der Waals surface area contributed by atoms with Crippen molar-refractivity contribution in [3.8, 4) is 22.3 Å². The number of anilines is 1. The summed E-state index contributed by atoms with van der Waals surface area (Å²) in [6, 6.07) is 11.7.